The van der Waals surface area contributed by atoms with Gasteiger partial charge in [-0.25, -0.2) is 8.78 Å². The van der Waals surface area contributed by atoms with Gasteiger partial charge in [0.15, 0.2) is 0 Å². The Morgan fingerprint density at radius 2 is 1.19 bits per heavy atom. The van der Waals surface area contributed by atoms with E-state index in [0.717, 1.165) is 17.9 Å². The molecule has 4 heteroatoms. The molecule has 0 bridgehead atoms. The van der Waals surface area contributed by atoms with Crippen LogP contribution in [0.2, 0.25) is 0 Å². The molecule has 0 radical (unpaired) electrons. The third-order valence-corrected chi connectivity index (χ3v) is 5.23. The van der Waals surface area contributed by atoms with E-state index in [9.17, 15) is 8.78 Å². The standard InChI is InChI=1S/C19H32.C7H6F2.C4H10.2CH2O/c1-5-7-10-18(9-6-2)11-8-12-19-15-16(3)13-14-17(19)4;1-5-2-6(8)4-7(9)3-5;1-4(2)3;2*1-2/h13-15,18H,5-12H2,1-4H3;2-4H,1H3;4H,1-3H3;2*1H2. The first-order chi connectivity index (χ1) is 17.1. The topological polar surface area (TPSA) is 34.1 Å². The molecule has 206 valence electrons. The first kappa shape index (κ1) is 38.2. The second-order valence-corrected chi connectivity index (χ2v) is 9.80. The fourth-order valence-electron chi connectivity index (χ4n) is 3.68. The Labute approximate surface area is 220 Å². The maximum atomic E-state index is 12.2. The van der Waals surface area contributed by atoms with Crippen molar-refractivity contribution in [3.63, 3.8) is 0 Å². The lowest BCUT2D eigenvalue weighted by atomic mass is 9.90. The smallest absolute Gasteiger partial charge is 0.126 e. The molecule has 0 N–H and O–H groups in total. The summed E-state index contributed by atoms with van der Waals surface area (Å²) in [6.07, 6.45) is 11.0. The minimum absolute atomic E-state index is 0.521. The van der Waals surface area contributed by atoms with E-state index < -0.39 is 11.6 Å². The molecular formula is C32H52F2O2. The van der Waals surface area contributed by atoms with E-state index in [-0.39, 0.29) is 0 Å². The van der Waals surface area contributed by atoms with Crippen LogP contribution in [0.25, 0.3) is 0 Å². The van der Waals surface area contributed by atoms with Crippen molar-refractivity contribution in [1.29, 1.82) is 0 Å². The summed E-state index contributed by atoms with van der Waals surface area (Å²) in [4.78, 5) is 16.0. The molecule has 0 amide bonds. The van der Waals surface area contributed by atoms with Crippen LogP contribution in [0.3, 0.4) is 0 Å². The highest BCUT2D eigenvalue weighted by Gasteiger charge is 2.08. The van der Waals surface area contributed by atoms with Gasteiger partial charge in [-0.2, -0.15) is 0 Å². The third kappa shape index (κ3) is 23.4. The SMILES string of the molecule is C=O.C=O.CC(C)C.CCCCC(CCC)CCCc1cc(C)ccc1C.Cc1cc(F)cc(F)c1. The van der Waals surface area contributed by atoms with Gasteiger partial charge in [0, 0.05) is 6.07 Å². The lowest BCUT2D eigenvalue weighted by Crippen LogP contribution is -2.02. The van der Waals surface area contributed by atoms with Crippen LogP contribution in [-0.2, 0) is 16.0 Å². The minimum atomic E-state index is -0.521. The van der Waals surface area contributed by atoms with Gasteiger partial charge >= 0.3 is 0 Å². The maximum absolute atomic E-state index is 12.2. The van der Waals surface area contributed by atoms with Gasteiger partial charge in [-0.3, -0.25) is 0 Å². The number of unbranched alkanes of at least 4 members (excludes halogenated alkanes) is 1. The molecule has 1 unspecified atom stereocenters. The van der Waals surface area contributed by atoms with Crippen LogP contribution >= 0.6 is 0 Å². The van der Waals surface area contributed by atoms with E-state index in [1.807, 2.05) is 13.6 Å². The number of benzene rings is 2. The van der Waals surface area contributed by atoms with Gasteiger partial charge in [0.25, 0.3) is 0 Å². The Bertz CT molecular complexity index is 720. The molecule has 36 heavy (non-hydrogen) atoms. The molecule has 0 saturated heterocycles. The van der Waals surface area contributed by atoms with Gasteiger partial charge in [0.2, 0.25) is 0 Å². The molecular weight excluding hydrogens is 454 g/mol. The molecule has 2 rings (SSSR count). The number of rotatable bonds is 9. The predicted octanol–water partition coefficient (Wildman–Crippen LogP) is 9.80. The Morgan fingerprint density at radius 1 is 0.694 bits per heavy atom. The highest BCUT2D eigenvalue weighted by Crippen LogP contribution is 2.22. The van der Waals surface area contributed by atoms with Gasteiger partial charge in [-0.05, 0) is 74.3 Å². The summed E-state index contributed by atoms with van der Waals surface area (Å²) in [5, 5.41) is 0. The van der Waals surface area contributed by atoms with Crippen LogP contribution in [0.4, 0.5) is 8.78 Å². The first-order valence-electron chi connectivity index (χ1n) is 13.1. The third-order valence-electron chi connectivity index (χ3n) is 5.23. The van der Waals surface area contributed by atoms with Crippen LogP contribution in [-0.4, -0.2) is 13.6 Å². The number of carbonyl (C=O) groups is 2. The molecule has 0 saturated carbocycles. The Kier molecular flexibility index (Phi) is 27.3. The normalized spacial score (nSPS) is 10.3. The molecule has 0 aliphatic carbocycles. The molecule has 2 aromatic carbocycles. The number of carbonyl (C=O) groups excluding carboxylic acids is 2. The second-order valence-electron chi connectivity index (χ2n) is 9.80. The van der Waals surface area contributed by atoms with Crippen LogP contribution in [0.5, 0.6) is 0 Å². The molecule has 2 aromatic rings. The van der Waals surface area contributed by atoms with E-state index in [4.69, 9.17) is 9.59 Å². The summed E-state index contributed by atoms with van der Waals surface area (Å²) in [5.74, 6) is 0.759. The summed E-state index contributed by atoms with van der Waals surface area (Å²) < 4.78 is 24.4. The number of hydrogen-bond acceptors (Lipinski definition) is 2. The van der Waals surface area contributed by atoms with Gasteiger partial charge in [0.05, 0.1) is 0 Å². The highest BCUT2D eigenvalue weighted by molar-refractivity contribution is 5.30. The maximum Gasteiger partial charge on any atom is 0.126 e. The van der Waals surface area contributed by atoms with Crippen molar-refractivity contribution in [3.05, 3.63) is 70.3 Å². The summed E-state index contributed by atoms with van der Waals surface area (Å²) in [5.41, 5.74) is 5.03. The zero-order chi connectivity index (χ0) is 28.5. The quantitative estimate of drug-likeness (QED) is 0.339. The molecule has 0 aromatic heterocycles. The average Bonchev–Trinajstić information content (AvgIpc) is 2.81. The van der Waals surface area contributed by atoms with E-state index in [1.54, 1.807) is 12.5 Å². The minimum Gasteiger partial charge on any atom is -0.307 e. The summed E-state index contributed by atoms with van der Waals surface area (Å²) in [7, 11) is 0. The largest absolute Gasteiger partial charge is 0.307 e. The molecule has 1 atom stereocenters. The summed E-state index contributed by atoms with van der Waals surface area (Å²) in [6.45, 7) is 21.2. The van der Waals surface area contributed by atoms with Gasteiger partial charge in [0.1, 0.15) is 25.2 Å². The van der Waals surface area contributed by atoms with Crippen molar-refractivity contribution in [2.75, 3.05) is 0 Å². The van der Waals surface area contributed by atoms with Crippen molar-refractivity contribution in [1.82, 2.24) is 0 Å². The zero-order valence-electron chi connectivity index (χ0n) is 24.3. The van der Waals surface area contributed by atoms with E-state index >= 15 is 0 Å². The van der Waals surface area contributed by atoms with Crippen LogP contribution in [0.15, 0.2) is 36.4 Å². The number of hydrogen-bond donors (Lipinski definition) is 0. The number of halogens is 2. The van der Waals surface area contributed by atoms with Crippen LogP contribution in [0.1, 0.15) is 102 Å². The van der Waals surface area contributed by atoms with E-state index in [1.165, 1.54) is 74.6 Å². The van der Waals surface area contributed by atoms with Gasteiger partial charge in [-0.15, -0.1) is 0 Å². The lowest BCUT2D eigenvalue weighted by Gasteiger charge is -2.16. The predicted molar refractivity (Wildman–Crippen MR) is 153 cm³/mol. The zero-order valence-corrected chi connectivity index (χ0v) is 24.3. The molecule has 0 aliphatic heterocycles. The monoisotopic (exact) mass is 506 g/mol. The van der Waals surface area contributed by atoms with Crippen molar-refractivity contribution in [3.8, 4) is 0 Å². The lowest BCUT2D eigenvalue weighted by molar-refractivity contribution is -0.0987. The Hall–Kier alpha value is -2.36. The van der Waals surface area contributed by atoms with Crippen molar-refractivity contribution in [2.45, 2.75) is 107 Å². The Morgan fingerprint density at radius 3 is 1.64 bits per heavy atom. The first-order valence-corrected chi connectivity index (χ1v) is 13.1. The fourth-order valence-corrected chi connectivity index (χ4v) is 3.68. The molecule has 0 heterocycles. The molecule has 0 fully saturated rings. The molecule has 0 spiro atoms. The fraction of sp³-hybridized carbons (Fsp3) is 0.562. The average molecular weight is 507 g/mol. The second kappa shape index (κ2) is 25.7. The van der Waals surface area contributed by atoms with Crippen molar-refractivity contribution >= 4 is 13.6 Å². The Balaban J connectivity index is -0.000000529. The molecule has 2 nitrogen and oxygen atoms in total. The van der Waals surface area contributed by atoms with Crippen LogP contribution in [0, 0.1) is 44.2 Å². The van der Waals surface area contributed by atoms with Crippen LogP contribution < -0.4 is 0 Å². The highest BCUT2D eigenvalue weighted by atomic mass is 19.1. The van der Waals surface area contributed by atoms with E-state index in [0.29, 0.717) is 5.56 Å². The summed E-state index contributed by atoms with van der Waals surface area (Å²) in [6, 6.07) is 10.3. The molecule has 0 aliphatic rings. The van der Waals surface area contributed by atoms with Gasteiger partial charge in [-0.1, -0.05) is 96.9 Å². The van der Waals surface area contributed by atoms with Crippen molar-refractivity contribution in [2.24, 2.45) is 11.8 Å². The van der Waals surface area contributed by atoms with Crippen molar-refractivity contribution < 1.29 is 18.4 Å². The summed E-state index contributed by atoms with van der Waals surface area (Å²) >= 11 is 0. The van der Waals surface area contributed by atoms with E-state index in [2.05, 4.69) is 66.7 Å². The van der Waals surface area contributed by atoms with Gasteiger partial charge < -0.3 is 9.59 Å². The number of aryl methyl sites for hydroxylation is 4.